The monoisotopic (exact) mass is 393 g/mol. The number of alkyl halides is 1. The quantitative estimate of drug-likeness (QED) is 0.528. The summed E-state index contributed by atoms with van der Waals surface area (Å²) in [5.74, 6) is 0.163. The molecule has 1 amide bonds. The summed E-state index contributed by atoms with van der Waals surface area (Å²) in [4.78, 5) is 14.1. The van der Waals surface area contributed by atoms with Gasteiger partial charge in [-0.05, 0) is 37.1 Å². The van der Waals surface area contributed by atoms with Crippen LogP contribution in [0.5, 0.6) is 0 Å². The van der Waals surface area contributed by atoms with E-state index in [1.165, 1.54) is 0 Å². The summed E-state index contributed by atoms with van der Waals surface area (Å²) < 4.78 is 1.74. The van der Waals surface area contributed by atoms with Crippen molar-refractivity contribution >= 4 is 44.4 Å². The van der Waals surface area contributed by atoms with Crippen molar-refractivity contribution in [3.8, 4) is 0 Å². The van der Waals surface area contributed by atoms with Crippen LogP contribution in [-0.4, -0.2) is 27.8 Å². The van der Waals surface area contributed by atoms with Gasteiger partial charge in [0.2, 0.25) is 0 Å². The van der Waals surface area contributed by atoms with E-state index in [1.54, 1.807) is 0 Å². The van der Waals surface area contributed by atoms with Crippen LogP contribution < -0.4 is 0 Å². The molecule has 1 aromatic carbocycles. The normalized spacial score (nSPS) is 17.5. The fourth-order valence-corrected chi connectivity index (χ4v) is 2.65. The van der Waals surface area contributed by atoms with Crippen molar-refractivity contribution in [3.05, 3.63) is 34.3 Å². The maximum absolute atomic E-state index is 12.1. The predicted molar refractivity (Wildman–Crippen MR) is 77.1 cm³/mol. The molecular weight excluding hydrogens is 381 g/mol. The highest BCUT2D eigenvalue weighted by Gasteiger charge is 2.21. The number of hydrogen-bond acceptors (Lipinski definition) is 1. The maximum Gasteiger partial charge on any atom is 0.253 e. The number of benzene rings is 1. The molecule has 0 unspecified atom stereocenters. The number of nitrogens with zero attached hydrogens (tertiary/aromatic N) is 1. The molecule has 1 saturated heterocycles. The van der Waals surface area contributed by atoms with Crippen molar-refractivity contribution in [2.75, 3.05) is 13.1 Å². The zero-order valence-electron chi connectivity index (χ0n) is 8.83. The average molecular weight is 394 g/mol. The Labute approximate surface area is 118 Å². The Morgan fingerprint density at radius 3 is 2.38 bits per heavy atom. The van der Waals surface area contributed by atoms with Gasteiger partial charge in [0.1, 0.15) is 0 Å². The zero-order chi connectivity index (χ0) is 11.5. The van der Waals surface area contributed by atoms with Gasteiger partial charge in [0.25, 0.3) is 5.91 Å². The minimum Gasteiger partial charge on any atom is -0.339 e. The van der Waals surface area contributed by atoms with Crippen molar-refractivity contribution in [2.24, 2.45) is 0 Å². The molecule has 2 nitrogen and oxygen atoms in total. The summed E-state index contributed by atoms with van der Waals surface area (Å²) in [6.07, 6.45) is 2.23. The molecular formula is C12H13BrINO. The highest BCUT2D eigenvalue weighted by molar-refractivity contribution is 14.1. The highest BCUT2D eigenvalue weighted by atomic mass is 127. The third-order valence-electron chi connectivity index (χ3n) is 2.80. The number of rotatable bonds is 1. The lowest BCUT2D eigenvalue weighted by atomic mass is 10.1. The van der Waals surface area contributed by atoms with E-state index in [0.29, 0.717) is 0 Å². The summed E-state index contributed by atoms with van der Waals surface area (Å²) in [7, 11) is 0. The van der Waals surface area contributed by atoms with Crippen LogP contribution in [0.2, 0.25) is 0 Å². The minimum atomic E-state index is 0.163. The van der Waals surface area contributed by atoms with Crippen molar-refractivity contribution in [1.82, 2.24) is 4.90 Å². The largest absolute Gasteiger partial charge is 0.339 e. The summed E-state index contributed by atoms with van der Waals surface area (Å²) in [6, 6.07) is 7.59. The van der Waals surface area contributed by atoms with Crippen molar-refractivity contribution < 1.29 is 4.79 Å². The zero-order valence-corrected chi connectivity index (χ0v) is 12.6. The van der Waals surface area contributed by atoms with Gasteiger partial charge in [-0.15, -0.1) is 0 Å². The Balaban J connectivity index is 2.05. The van der Waals surface area contributed by atoms with Gasteiger partial charge in [0, 0.05) is 27.1 Å². The first-order valence-corrected chi connectivity index (χ1v) is 7.39. The molecule has 0 N–H and O–H groups in total. The summed E-state index contributed by atoms with van der Waals surface area (Å²) in [5.41, 5.74) is 0.787. The molecule has 0 saturated carbocycles. The molecule has 86 valence electrons. The Morgan fingerprint density at radius 1 is 1.25 bits per heavy atom. The minimum absolute atomic E-state index is 0.163. The summed E-state index contributed by atoms with van der Waals surface area (Å²) >= 11 is 5.84. The maximum atomic E-state index is 12.1. The van der Waals surface area contributed by atoms with Crippen molar-refractivity contribution in [3.63, 3.8) is 0 Å². The van der Waals surface area contributed by atoms with Gasteiger partial charge in [-0.3, -0.25) is 4.79 Å². The van der Waals surface area contributed by atoms with E-state index in [0.717, 1.165) is 39.9 Å². The van der Waals surface area contributed by atoms with Gasteiger partial charge < -0.3 is 4.90 Å². The fraction of sp³-hybridized carbons (Fsp3) is 0.417. The first kappa shape index (κ1) is 12.4. The molecule has 0 aliphatic carbocycles. The number of carbonyl (C=O) groups excluding carboxylic acids is 1. The first-order valence-electron chi connectivity index (χ1n) is 5.36. The highest BCUT2D eigenvalue weighted by Crippen LogP contribution is 2.20. The first-order chi connectivity index (χ1) is 7.66. The van der Waals surface area contributed by atoms with Gasteiger partial charge >= 0.3 is 0 Å². The van der Waals surface area contributed by atoms with Gasteiger partial charge in [-0.25, -0.2) is 0 Å². The molecule has 16 heavy (non-hydrogen) atoms. The molecule has 2 rings (SSSR count). The number of carbonyl (C=O) groups is 1. The smallest absolute Gasteiger partial charge is 0.253 e. The van der Waals surface area contributed by atoms with E-state index in [9.17, 15) is 4.79 Å². The van der Waals surface area contributed by atoms with E-state index >= 15 is 0 Å². The second-order valence-electron chi connectivity index (χ2n) is 3.97. The predicted octanol–water partition coefficient (Wildman–Crippen LogP) is 3.49. The molecule has 0 spiro atoms. The molecule has 1 aliphatic rings. The van der Waals surface area contributed by atoms with Gasteiger partial charge in [0.15, 0.2) is 0 Å². The topological polar surface area (TPSA) is 20.3 Å². The Hall–Kier alpha value is -0.100. The SMILES string of the molecule is O=C(c1ccc(Br)cc1)N1CCC(I)CC1. The van der Waals surface area contributed by atoms with Crippen LogP contribution in [0.4, 0.5) is 0 Å². The van der Waals surface area contributed by atoms with E-state index in [2.05, 4.69) is 38.5 Å². The lowest BCUT2D eigenvalue weighted by Crippen LogP contribution is -2.38. The lowest BCUT2D eigenvalue weighted by molar-refractivity contribution is 0.0729. The molecule has 0 bridgehead atoms. The molecule has 4 heteroatoms. The molecule has 1 aliphatic heterocycles. The van der Waals surface area contributed by atoms with Crippen LogP contribution >= 0.6 is 38.5 Å². The Bertz CT molecular complexity index is 371. The molecule has 1 fully saturated rings. The van der Waals surface area contributed by atoms with Crippen LogP contribution in [-0.2, 0) is 0 Å². The van der Waals surface area contributed by atoms with Crippen molar-refractivity contribution in [2.45, 2.75) is 16.8 Å². The van der Waals surface area contributed by atoms with Gasteiger partial charge in [-0.1, -0.05) is 38.5 Å². The second-order valence-corrected chi connectivity index (χ2v) is 6.65. The number of halogens is 2. The second kappa shape index (κ2) is 5.49. The van der Waals surface area contributed by atoms with Crippen LogP contribution in [0, 0.1) is 0 Å². The number of amides is 1. The number of piperidine rings is 1. The number of hydrogen-bond donors (Lipinski definition) is 0. The third-order valence-corrected chi connectivity index (χ3v) is 4.58. The molecule has 1 aromatic rings. The van der Waals surface area contributed by atoms with Crippen LogP contribution in [0.1, 0.15) is 23.2 Å². The summed E-state index contributed by atoms with van der Waals surface area (Å²) in [6.45, 7) is 1.78. The fourth-order valence-electron chi connectivity index (χ4n) is 1.83. The van der Waals surface area contributed by atoms with Gasteiger partial charge in [-0.2, -0.15) is 0 Å². The van der Waals surface area contributed by atoms with E-state index < -0.39 is 0 Å². The van der Waals surface area contributed by atoms with E-state index in [4.69, 9.17) is 0 Å². The Kier molecular flexibility index (Phi) is 4.24. The molecule has 1 heterocycles. The average Bonchev–Trinajstić information content (AvgIpc) is 2.30. The summed E-state index contributed by atoms with van der Waals surface area (Å²) in [5, 5.41) is 0. The van der Waals surface area contributed by atoms with E-state index in [1.807, 2.05) is 29.2 Å². The molecule has 0 atom stereocenters. The van der Waals surface area contributed by atoms with E-state index in [-0.39, 0.29) is 5.91 Å². The Morgan fingerprint density at radius 2 is 1.81 bits per heavy atom. The number of likely N-dealkylation sites (tertiary alicyclic amines) is 1. The van der Waals surface area contributed by atoms with Crippen LogP contribution in [0.25, 0.3) is 0 Å². The van der Waals surface area contributed by atoms with Crippen LogP contribution in [0.15, 0.2) is 28.7 Å². The standard InChI is InChI=1S/C12H13BrINO/c13-10-3-1-9(2-4-10)12(16)15-7-5-11(14)6-8-15/h1-4,11H,5-8H2. The molecule has 0 radical (unpaired) electrons. The third kappa shape index (κ3) is 2.97. The molecule has 0 aromatic heterocycles. The van der Waals surface area contributed by atoms with Crippen molar-refractivity contribution in [1.29, 1.82) is 0 Å². The lowest BCUT2D eigenvalue weighted by Gasteiger charge is -2.29. The van der Waals surface area contributed by atoms with Gasteiger partial charge in [0.05, 0.1) is 0 Å². The van der Waals surface area contributed by atoms with Crippen LogP contribution in [0.3, 0.4) is 0 Å².